The first-order chi connectivity index (χ1) is 10.8. The number of pyridine rings is 1. The summed E-state index contributed by atoms with van der Waals surface area (Å²) in [5.41, 5.74) is 5.06. The van der Waals surface area contributed by atoms with Gasteiger partial charge in [-0.05, 0) is 36.8 Å². The molecular formula is C19H12N2O. The predicted molar refractivity (Wildman–Crippen MR) is 86.4 cm³/mol. The molecule has 0 aliphatic carbocycles. The maximum Gasteiger partial charge on any atom is 0.144 e. The summed E-state index contributed by atoms with van der Waals surface area (Å²) in [5, 5.41) is 11.1. The number of para-hydroxylation sites is 1. The van der Waals surface area contributed by atoms with E-state index < -0.39 is 0 Å². The zero-order valence-electron chi connectivity index (χ0n) is 12.0. The fourth-order valence-electron chi connectivity index (χ4n) is 2.77. The molecule has 0 fully saturated rings. The standard InChI is InChI=1S/C19H12N2O/c1-12-8-9-16(21-11-12)14-5-3-6-15-18-13(10-20)4-2-7-17(18)22-19(14)15/h2-9,11H,1H3. The lowest BCUT2D eigenvalue weighted by Gasteiger charge is -2.02. The lowest BCUT2D eigenvalue weighted by Crippen LogP contribution is -1.84. The van der Waals surface area contributed by atoms with E-state index in [1.165, 1.54) is 0 Å². The maximum atomic E-state index is 9.33. The van der Waals surface area contributed by atoms with Gasteiger partial charge in [0.2, 0.25) is 0 Å². The topological polar surface area (TPSA) is 49.8 Å². The van der Waals surface area contributed by atoms with Crippen molar-refractivity contribution in [1.29, 1.82) is 5.26 Å². The largest absolute Gasteiger partial charge is 0.455 e. The minimum absolute atomic E-state index is 0.630. The lowest BCUT2D eigenvalue weighted by molar-refractivity contribution is 0.669. The highest BCUT2D eigenvalue weighted by molar-refractivity contribution is 6.11. The molecule has 0 bridgehead atoms. The SMILES string of the molecule is Cc1ccc(-c2cccc3c2oc2cccc(C#N)c23)nc1. The van der Waals surface area contributed by atoms with Gasteiger partial charge in [-0.15, -0.1) is 0 Å². The molecule has 2 aromatic heterocycles. The Hall–Kier alpha value is -3.12. The number of furan rings is 1. The Balaban J connectivity index is 2.10. The molecule has 0 aliphatic rings. The number of aryl methyl sites for hydroxylation is 1. The highest BCUT2D eigenvalue weighted by Crippen LogP contribution is 2.36. The van der Waals surface area contributed by atoms with E-state index in [0.717, 1.165) is 38.8 Å². The van der Waals surface area contributed by atoms with Crippen molar-refractivity contribution in [3.63, 3.8) is 0 Å². The number of aromatic nitrogens is 1. The number of fused-ring (bicyclic) bond motifs is 3. The first-order valence-electron chi connectivity index (χ1n) is 7.05. The normalized spacial score (nSPS) is 10.9. The second-order valence-corrected chi connectivity index (χ2v) is 5.30. The Morgan fingerprint density at radius 2 is 1.91 bits per heavy atom. The minimum Gasteiger partial charge on any atom is -0.455 e. The zero-order valence-corrected chi connectivity index (χ0v) is 12.0. The third kappa shape index (κ3) is 1.78. The van der Waals surface area contributed by atoms with E-state index in [2.05, 4.69) is 11.1 Å². The van der Waals surface area contributed by atoms with Crippen LogP contribution in [0.15, 0.2) is 59.1 Å². The minimum atomic E-state index is 0.630. The number of hydrogen-bond acceptors (Lipinski definition) is 3. The van der Waals surface area contributed by atoms with Crippen molar-refractivity contribution in [2.45, 2.75) is 6.92 Å². The van der Waals surface area contributed by atoms with Gasteiger partial charge in [0.15, 0.2) is 0 Å². The molecule has 3 nitrogen and oxygen atoms in total. The van der Waals surface area contributed by atoms with Crippen LogP contribution in [0.5, 0.6) is 0 Å². The number of nitriles is 1. The quantitative estimate of drug-likeness (QED) is 0.503. The molecule has 2 heterocycles. The fraction of sp³-hybridized carbons (Fsp3) is 0.0526. The van der Waals surface area contributed by atoms with Crippen LogP contribution in [0.3, 0.4) is 0 Å². The Morgan fingerprint density at radius 1 is 1.05 bits per heavy atom. The molecule has 22 heavy (non-hydrogen) atoms. The van der Waals surface area contributed by atoms with Crippen LogP contribution in [0.4, 0.5) is 0 Å². The third-order valence-corrected chi connectivity index (χ3v) is 3.83. The molecular weight excluding hydrogens is 272 g/mol. The molecule has 0 unspecified atom stereocenters. The van der Waals surface area contributed by atoms with Crippen molar-refractivity contribution in [2.24, 2.45) is 0 Å². The van der Waals surface area contributed by atoms with E-state index in [1.807, 2.05) is 61.7 Å². The van der Waals surface area contributed by atoms with Crippen LogP contribution in [-0.4, -0.2) is 4.98 Å². The van der Waals surface area contributed by atoms with Crippen molar-refractivity contribution >= 4 is 21.9 Å². The highest BCUT2D eigenvalue weighted by Gasteiger charge is 2.14. The average molecular weight is 284 g/mol. The predicted octanol–water partition coefficient (Wildman–Crippen LogP) is 4.83. The molecule has 0 aliphatic heterocycles. The first kappa shape index (κ1) is 12.6. The molecule has 0 saturated heterocycles. The molecule has 2 aromatic carbocycles. The van der Waals surface area contributed by atoms with Crippen molar-refractivity contribution in [2.75, 3.05) is 0 Å². The Bertz CT molecular complexity index is 1040. The van der Waals surface area contributed by atoms with Crippen LogP contribution in [0.25, 0.3) is 33.2 Å². The van der Waals surface area contributed by atoms with Gasteiger partial charge in [-0.25, -0.2) is 0 Å². The highest BCUT2D eigenvalue weighted by atomic mass is 16.3. The van der Waals surface area contributed by atoms with Gasteiger partial charge in [-0.2, -0.15) is 5.26 Å². The number of nitrogens with zero attached hydrogens (tertiary/aromatic N) is 2. The maximum absolute atomic E-state index is 9.33. The van der Waals surface area contributed by atoms with Crippen molar-refractivity contribution in [1.82, 2.24) is 4.98 Å². The van der Waals surface area contributed by atoms with Crippen LogP contribution in [0, 0.1) is 18.3 Å². The van der Waals surface area contributed by atoms with Gasteiger partial charge in [-0.3, -0.25) is 4.98 Å². The Morgan fingerprint density at radius 3 is 2.68 bits per heavy atom. The van der Waals surface area contributed by atoms with Crippen LogP contribution < -0.4 is 0 Å². The van der Waals surface area contributed by atoms with E-state index in [0.29, 0.717) is 5.56 Å². The number of benzene rings is 2. The second-order valence-electron chi connectivity index (χ2n) is 5.30. The average Bonchev–Trinajstić information content (AvgIpc) is 2.94. The number of rotatable bonds is 1. The van der Waals surface area contributed by atoms with E-state index in [4.69, 9.17) is 4.42 Å². The summed E-state index contributed by atoms with van der Waals surface area (Å²) in [5.74, 6) is 0. The molecule has 0 amide bonds. The molecule has 0 spiro atoms. The third-order valence-electron chi connectivity index (χ3n) is 3.83. The van der Waals surface area contributed by atoms with E-state index in [-0.39, 0.29) is 0 Å². The Labute approximate surface area is 127 Å². The summed E-state index contributed by atoms with van der Waals surface area (Å²) in [7, 11) is 0. The van der Waals surface area contributed by atoms with Gasteiger partial charge in [0.1, 0.15) is 11.2 Å². The summed E-state index contributed by atoms with van der Waals surface area (Å²) in [6, 6.07) is 17.8. The van der Waals surface area contributed by atoms with E-state index >= 15 is 0 Å². The van der Waals surface area contributed by atoms with E-state index in [9.17, 15) is 5.26 Å². The molecule has 4 rings (SSSR count). The van der Waals surface area contributed by atoms with Crippen molar-refractivity contribution in [3.8, 4) is 17.3 Å². The van der Waals surface area contributed by atoms with Crippen molar-refractivity contribution in [3.05, 3.63) is 65.9 Å². The molecule has 4 aromatic rings. The van der Waals surface area contributed by atoms with Gasteiger partial charge in [0.05, 0.1) is 17.3 Å². The summed E-state index contributed by atoms with van der Waals surface area (Å²) in [6.07, 6.45) is 1.84. The van der Waals surface area contributed by atoms with Gasteiger partial charge in [0.25, 0.3) is 0 Å². The molecule has 0 N–H and O–H groups in total. The first-order valence-corrected chi connectivity index (χ1v) is 7.05. The van der Waals surface area contributed by atoms with Gasteiger partial charge in [-0.1, -0.05) is 24.3 Å². The smallest absolute Gasteiger partial charge is 0.144 e. The summed E-state index contributed by atoms with van der Waals surface area (Å²) >= 11 is 0. The van der Waals surface area contributed by atoms with Gasteiger partial charge < -0.3 is 4.42 Å². The monoisotopic (exact) mass is 284 g/mol. The zero-order chi connectivity index (χ0) is 15.1. The van der Waals surface area contributed by atoms with Crippen LogP contribution in [0.1, 0.15) is 11.1 Å². The van der Waals surface area contributed by atoms with Gasteiger partial charge in [0, 0.05) is 22.5 Å². The fourth-order valence-corrected chi connectivity index (χ4v) is 2.77. The molecule has 0 radical (unpaired) electrons. The van der Waals surface area contributed by atoms with Crippen LogP contribution in [-0.2, 0) is 0 Å². The number of hydrogen-bond donors (Lipinski definition) is 0. The van der Waals surface area contributed by atoms with Gasteiger partial charge >= 0.3 is 0 Å². The van der Waals surface area contributed by atoms with Crippen LogP contribution >= 0.6 is 0 Å². The van der Waals surface area contributed by atoms with Crippen LogP contribution in [0.2, 0.25) is 0 Å². The summed E-state index contributed by atoms with van der Waals surface area (Å²) < 4.78 is 6.02. The van der Waals surface area contributed by atoms with Crippen molar-refractivity contribution < 1.29 is 4.42 Å². The summed E-state index contributed by atoms with van der Waals surface area (Å²) in [4.78, 5) is 4.49. The second kappa shape index (κ2) is 4.71. The summed E-state index contributed by atoms with van der Waals surface area (Å²) in [6.45, 7) is 2.01. The van der Waals surface area contributed by atoms with E-state index in [1.54, 1.807) is 0 Å². The molecule has 0 atom stereocenters. The molecule has 3 heteroatoms. The molecule has 0 saturated carbocycles. The Kier molecular flexibility index (Phi) is 2.70. The molecule has 104 valence electrons. The lowest BCUT2D eigenvalue weighted by atomic mass is 10.0.